The molecule has 1 atom stereocenters. The average molecular weight is 311 g/mol. The summed E-state index contributed by atoms with van der Waals surface area (Å²) in [5.41, 5.74) is 0.658. The molecule has 0 radical (unpaired) electrons. The van der Waals surface area contributed by atoms with Crippen LogP contribution in [0.25, 0.3) is 0 Å². The Morgan fingerprint density at radius 2 is 2.14 bits per heavy atom. The van der Waals surface area contributed by atoms with Gasteiger partial charge >= 0.3 is 5.97 Å². The van der Waals surface area contributed by atoms with Gasteiger partial charge in [-0.15, -0.1) is 0 Å². The fourth-order valence-electron chi connectivity index (χ4n) is 2.36. The van der Waals surface area contributed by atoms with E-state index >= 15 is 0 Å². The van der Waals surface area contributed by atoms with Crippen LogP contribution < -0.4 is 9.88 Å². The molecule has 3 rings (SSSR count). The van der Waals surface area contributed by atoms with E-state index in [1.165, 1.54) is 31.0 Å². The van der Waals surface area contributed by atoms with Gasteiger partial charge in [-0.1, -0.05) is 12.8 Å². The quantitative estimate of drug-likeness (QED) is 0.818. The zero-order valence-electron chi connectivity index (χ0n) is 11.4. The molecule has 6 nitrogen and oxygen atoms in total. The van der Waals surface area contributed by atoms with Gasteiger partial charge in [0.15, 0.2) is 6.10 Å². The summed E-state index contributed by atoms with van der Waals surface area (Å²) in [7, 11) is -3.75. The minimum atomic E-state index is -3.75. The lowest BCUT2D eigenvalue weighted by molar-refractivity contribution is -0.151. The Labute approximate surface area is 123 Å². The van der Waals surface area contributed by atoms with E-state index in [9.17, 15) is 13.2 Å². The number of fused-ring (bicyclic) bond motifs is 1. The molecule has 2 aliphatic rings. The molecule has 1 saturated carbocycles. The number of hydrogen-bond donors (Lipinski definition) is 1. The maximum absolute atomic E-state index is 11.9. The predicted molar refractivity (Wildman–Crippen MR) is 74.2 cm³/mol. The summed E-state index contributed by atoms with van der Waals surface area (Å²) in [6.45, 7) is 0.419. The lowest BCUT2D eigenvalue weighted by Crippen LogP contribution is -2.27. The molecule has 0 aromatic heterocycles. The molecule has 1 heterocycles. The molecule has 0 saturated heterocycles. The summed E-state index contributed by atoms with van der Waals surface area (Å²) in [5.74, 6) is 0.812. The maximum atomic E-state index is 11.9. The zero-order valence-corrected chi connectivity index (χ0v) is 12.3. The Hall–Kier alpha value is -1.60. The first-order chi connectivity index (χ1) is 9.93. The molecular formula is C14H17NO5S. The van der Waals surface area contributed by atoms with Crippen LogP contribution >= 0.6 is 0 Å². The van der Waals surface area contributed by atoms with Gasteiger partial charge < -0.3 is 9.47 Å². The zero-order chi connectivity index (χ0) is 15.0. The lowest BCUT2D eigenvalue weighted by Gasteiger charge is -2.10. The Morgan fingerprint density at radius 1 is 1.38 bits per heavy atom. The molecule has 1 aliphatic heterocycles. The number of benzene rings is 1. The minimum Gasteiger partial charge on any atom is -0.478 e. The van der Waals surface area contributed by atoms with Crippen molar-refractivity contribution in [3.8, 4) is 5.75 Å². The molecule has 0 spiro atoms. The van der Waals surface area contributed by atoms with Crippen molar-refractivity contribution in [1.29, 1.82) is 0 Å². The van der Waals surface area contributed by atoms with Gasteiger partial charge in [0.2, 0.25) is 10.0 Å². The molecule has 1 unspecified atom stereocenters. The van der Waals surface area contributed by atoms with E-state index in [1.54, 1.807) is 0 Å². The monoisotopic (exact) mass is 311 g/mol. The van der Waals surface area contributed by atoms with E-state index in [1.807, 2.05) is 0 Å². The molecule has 1 aliphatic carbocycles. The Balaban J connectivity index is 1.62. The fourth-order valence-corrected chi connectivity index (χ4v) is 2.92. The average Bonchev–Trinajstić information content (AvgIpc) is 3.13. The largest absolute Gasteiger partial charge is 0.478 e. The van der Waals surface area contributed by atoms with Gasteiger partial charge in [0, 0.05) is 6.42 Å². The normalized spacial score (nSPS) is 20.7. The first kappa shape index (κ1) is 14.3. The Bertz CT molecular complexity index is 666. The van der Waals surface area contributed by atoms with E-state index < -0.39 is 22.1 Å². The Morgan fingerprint density at radius 3 is 2.81 bits per heavy atom. The third kappa shape index (κ3) is 3.36. The van der Waals surface area contributed by atoms with Gasteiger partial charge in [-0.25, -0.2) is 18.4 Å². The number of nitrogens with two attached hydrogens (primary N) is 1. The fraction of sp³-hybridized carbons (Fsp3) is 0.500. The molecule has 1 fully saturated rings. The van der Waals surface area contributed by atoms with E-state index in [2.05, 4.69) is 0 Å². The molecule has 114 valence electrons. The predicted octanol–water partition coefficient (Wildman–Crippen LogP) is 0.981. The van der Waals surface area contributed by atoms with Crippen LogP contribution in [0.4, 0.5) is 0 Å². The highest BCUT2D eigenvalue weighted by Gasteiger charge is 2.31. The lowest BCUT2D eigenvalue weighted by atomic mass is 10.1. The van der Waals surface area contributed by atoms with Crippen LogP contribution in [0.3, 0.4) is 0 Å². The minimum absolute atomic E-state index is 0.0209. The topological polar surface area (TPSA) is 95.7 Å². The first-order valence-corrected chi connectivity index (χ1v) is 8.47. The summed E-state index contributed by atoms with van der Waals surface area (Å²) in [6.07, 6.45) is 2.95. The van der Waals surface area contributed by atoms with Crippen LogP contribution in [-0.2, 0) is 26.0 Å². The highest BCUT2D eigenvalue weighted by atomic mass is 32.2. The van der Waals surface area contributed by atoms with E-state index in [0.29, 0.717) is 30.3 Å². The van der Waals surface area contributed by atoms with Gasteiger partial charge in [0.05, 0.1) is 11.5 Å². The molecule has 0 bridgehead atoms. The molecule has 0 amide bonds. The van der Waals surface area contributed by atoms with Gasteiger partial charge in [-0.3, -0.25) is 0 Å². The van der Waals surface area contributed by atoms with Crippen molar-refractivity contribution in [2.24, 2.45) is 11.1 Å². The van der Waals surface area contributed by atoms with Gasteiger partial charge in [-0.2, -0.15) is 0 Å². The summed E-state index contributed by atoms with van der Waals surface area (Å²) in [5, 5.41) is 5.09. The van der Waals surface area contributed by atoms with Crippen molar-refractivity contribution < 1.29 is 22.7 Å². The molecule has 7 heteroatoms. The third-order valence-corrected chi connectivity index (χ3v) is 4.68. The summed E-state index contributed by atoms with van der Waals surface area (Å²) in [4.78, 5) is 11.9. The first-order valence-electron chi connectivity index (χ1n) is 6.92. The third-order valence-electron chi connectivity index (χ3n) is 3.77. The summed E-state index contributed by atoms with van der Waals surface area (Å²) >= 11 is 0. The standard InChI is InChI=1S/C14H17NO5S/c15-21(17,18)11-3-4-12-10(7-11)8-13(20-12)14(16)19-6-5-9-1-2-9/h3-4,7,9,13H,1-2,5-6,8H2,(H2,15,17,18). The molecular weight excluding hydrogens is 294 g/mol. The van der Waals surface area contributed by atoms with Crippen LogP contribution in [0.1, 0.15) is 24.8 Å². The number of hydrogen-bond acceptors (Lipinski definition) is 5. The van der Waals surface area contributed by atoms with Crippen molar-refractivity contribution >= 4 is 16.0 Å². The second-order valence-electron chi connectivity index (χ2n) is 5.52. The van der Waals surface area contributed by atoms with Crippen LogP contribution in [0.15, 0.2) is 23.1 Å². The molecule has 1 aromatic rings. The van der Waals surface area contributed by atoms with Gasteiger partial charge in [0.25, 0.3) is 0 Å². The van der Waals surface area contributed by atoms with Crippen LogP contribution in [-0.4, -0.2) is 27.1 Å². The van der Waals surface area contributed by atoms with Crippen molar-refractivity contribution in [1.82, 2.24) is 0 Å². The second-order valence-corrected chi connectivity index (χ2v) is 7.09. The second kappa shape index (κ2) is 5.31. The van der Waals surface area contributed by atoms with Crippen molar-refractivity contribution in [3.63, 3.8) is 0 Å². The molecule has 1 aromatic carbocycles. The number of sulfonamides is 1. The number of ether oxygens (including phenoxy) is 2. The Kier molecular flexibility index (Phi) is 3.62. The number of carbonyl (C=O) groups is 1. The summed E-state index contributed by atoms with van der Waals surface area (Å²) < 4.78 is 33.3. The van der Waals surface area contributed by atoms with Crippen LogP contribution in [0.2, 0.25) is 0 Å². The maximum Gasteiger partial charge on any atom is 0.347 e. The van der Waals surface area contributed by atoms with Crippen molar-refractivity contribution in [2.45, 2.75) is 36.7 Å². The van der Waals surface area contributed by atoms with E-state index in [0.717, 1.165) is 6.42 Å². The van der Waals surface area contributed by atoms with E-state index in [4.69, 9.17) is 14.6 Å². The molecule has 21 heavy (non-hydrogen) atoms. The number of carbonyl (C=O) groups excluding carboxylic acids is 1. The van der Waals surface area contributed by atoms with E-state index in [-0.39, 0.29) is 4.90 Å². The van der Waals surface area contributed by atoms with Crippen LogP contribution in [0, 0.1) is 5.92 Å². The van der Waals surface area contributed by atoms with Gasteiger partial charge in [-0.05, 0) is 36.1 Å². The summed E-state index contributed by atoms with van der Waals surface area (Å²) in [6, 6.07) is 4.34. The van der Waals surface area contributed by atoms with Gasteiger partial charge in [0.1, 0.15) is 5.75 Å². The number of primary sulfonamides is 1. The number of rotatable bonds is 5. The van der Waals surface area contributed by atoms with Crippen molar-refractivity contribution in [3.05, 3.63) is 23.8 Å². The smallest absolute Gasteiger partial charge is 0.347 e. The highest BCUT2D eigenvalue weighted by molar-refractivity contribution is 7.89. The number of esters is 1. The molecule has 2 N–H and O–H groups in total. The van der Waals surface area contributed by atoms with Crippen LogP contribution in [0.5, 0.6) is 5.75 Å². The highest BCUT2D eigenvalue weighted by Crippen LogP contribution is 2.33. The van der Waals surface area contributed by atoms with Crippen molar-refractivity contribution in [2.75, 3.05) is 6.61 Å². The SMILES string of the molecule is NS(=O)(=O)c1ccc2c(c1)CC(C(=O)OCCC1CC1)O2.